The first-order valence-electron chi connectivity index (χ1n) is 8.09. The number of carbonyl (C=O) groups excluding carboxylic acids is 1. The third-order valence-electron chi connectivity index (χ3n) is 3.73. The molecule has 3 nitrogen and oxygen atoms in total. The van der Waals surface area contributed by atoms with Crippen molar-refractivity contribution >= 4 is 44.4 Å². The minimum Gasteiger partial charge on any atom is -0.302 e. The van der Waals surface area contributed by atoms with Crippen LogP contribution in [0.5, 0.6) is 0 Å². The van der Waals surface area contributed by atoms with E-state index >= 15 is 0 Å². The van der Waals surface area contributed by atoms with Crippen molar-refractivity contribution in [3.8, 4) is 0 Å². The molecule has 0 atom stereocenters. The van der Waals surface area contributed by atoms with Gasteiger partial charge in [0.05, 0.1) is 16.6 Å². The van der Waals surface area contributed by atoms with E-state index in [2.05, 4.69) is 42.3 Å². The van der Waals surface area contributed by atoms with Gasteiger partial charge in [0.25, 0.3) is 0 Å². The number of aryl methyl sites for hydroxylation is 1. The Morgan fingerprint density at radius 3 is 2.67 bits per heavy atom. The lowest BCUT2D eigenvalue weighted by Gasteiger charge is -2.03. The number of hydrogen-bond donors (Lipinski definition) is 1. The number of carbonyl (C=O) groups is 1. The molecular weight excluding hydrogens is 336 g/mol. The molecule has 1 heterocycles. The van der Waals surface area contributed by atoms with E-state index in [1.165, 1.54) is 21.8 Å². The highest BCUT2D eigenvalue weighted by Crippen LogP contribution is 2.28. The van der Waals surface area contributed by atoms with Crippen molar-refractivity contribution in [1.29, 1.82) is 0 Å². The maximum atomic E-state index is 12.3. The van der Waals surface area contributed by atoms with Crippen LogP contribution >= 0.6 is 23.1 Å². The number of aromatic nitrogens is 1. The zero-order valence-electron chi connectivity index (χ0n) is 13.8. The fraction of sp³-hybridized carbons (Fsp3) is 0.263. The number of thioether (sulfide) groups is 1. The van der Waals surface area contributed by atoms with Crippen molar-refractivity contribution in [3.63, 3.8) is 0 Å². The number of nitrogens with one attached hydrogen (secondary N) is 1. The molecule has 2 aromatic carbocycles. The van der Waals surface area contributed by atoms with Crippen LogP contribution in [0.4, 0.5) is 5.13 Å². The summed E-state index contributed by atoms with van der Waals surface area (Å²) in [6.45, 7) is 4.25. The molecule has 3 aromatic rings. The van der Waals surface area contributed by atoms with Crippen molar-refractivity contribution < 1.29 is 4.79 Å². The largest absolute Gasteiger partial charge is 0.302 e. The minimum atomic E-state index is -0.0250. The first-order chi connectivity index (χ1) is 11.7. The van der Waals surface area contributed by atoms with Gasteiger partial charge in [-0.2, -0.15) is 0 Å². The molecule has 1 amide bonds. The lowest BCUT2D eigenvalue weighted by molar-refractivity contribution is -0.115. The van der Waals surface area contributed by atoms with E-state index in [9.17, 15) is 4.79 Å². The number of nitrogens with zero attached hydrogens (tertiary/aromatic N) is 1. The van der Waals surface area contributed by atoms with Crippen molar-refractivity contribution in [3.05, 3.63) is 53.6 Å². The summed E-state index contributed by atoms with van der Waals surface area (Å²) in [6, 6.07) is 14.4. The summed E-state index contributed by atoms with van der Waals surface area (Å²) in [5, 5.41) is 3.61. The van der Waals surface area contributed by atoms with Crippen molar-refractivity contribution in [2.24, 2.45) is 0 Å². The van der Waals surface area contributed by atoms with Crippen LogP contribution in [0.25, 0.3) is 10.2 Å². The van der Waals surface area contributed by atoms with E-state index in [-0.39, 0.29) is 5.91 Å². The summed E-state index contributed by atoms with van der Waals surface area (Å²) in [4.78, 5) is 18.1. The highest BCUT2D eigenvalue weighted by Gasteiger charge is 2.10. The summed E-state index contributed by atoms with van der Waals surface area (Å²) in [5.41, 5.74) is 3.23. The van der Waals surface area contributed by atoms with Crippen LogP contribution in [0, 0.1) is 0 Å². The second-order valence-electron chi connectivity index (χ2n) is 5.44. The fourth-order valence-corrected chi connectivity index (χ4v) is 4.16. The van der Waals surface area contributed by atoms with Crippen LogP contribution in [0.15, 0.2) is 47.4 Å². The van der Waals surface area contributed by atoms with Crippen LogP contribution in [-0.4, -0.2) is 16.6 Å². The van der Waals surface area contributed by atoms with Crippen LogP contribution in [0.3, 0.4) is 0 Å². The molecule has 0 spiro atoms. The molecule has 0 unspecified atom stereocenters. The smallest absolute Gasteiger partial charge is 0.230 e. The summed E-state index contributed by atoms with van der Waals surface area (Å²) >= 11 is 3.33. The van der Waals surface area contributed by atoms with E-state index in [0.29, 0.717) is 11.6 Å². The van der Waals surface area contributed by atoms with Crippen LogP contribution in [-0.2, 0) is 17.6 Å². The quantitative estimate of drug-likeness (QED) is 0.621. The number of benzene rings is 2. The van der Waals surface area contributed by atoms with Crippen LogP contribution in [0.2, 0.25) is 0 Å². The molecule has 0 bridgehead atoms. The Balaban J connectivity index is 1.68. The molecule has 0 fully saturated rings. The van der Waals surface area contributed by atoms with E-state index in [1.54, 1.807) is 11.8 Å². The molecule has 0 aliphatic rings. The van der Waals surface area contributed by atoms with Gasteiger partial charge in [-0.3, -0.25) is 4.79 Å². The zero-order valence-corrected chi connectivity index (χ0v) is 15.5. The lowest BCUT2D eigenvalue weighted by Crippen LogP contribution is -2.14. The number of hydrogen-bond acceptors (Lipinski definition) is 4. The van der Waals surface area contributed by atoms with Gasteiger partial charge in [-0.1, -0.05) is 49.4 Å². The van der Waals surface area contributed by atoms with E-state index in [0.717, 1.165) is 28.0 Å². The van der Waals surface area contributed by atoms with Gasteiger partial charge >= 0.3 is 0 Å². The number of rotatable bonds is 6. The normalized spacial score (nSPS) is 10.9. The van der Waals surface area contributed by atoms with E-state index < -0.39 is 0 Å². The topological polar surface area (TPSA) is 42.0 Å². The first kappa shape index (κ1) is 17.0. The fourth-order valence-electron chi connectivity index (χ4n) is 2.56. The number of fused-ring (bicyclic) bond motifs is 1. The van der Waals surface area contributed by atoms with Crippen molar-refractivity contribution in [2.75, 3.05) is 11.1 Å². The lowest BCUT2D eigenvalue weighted by atomic mass is 10.1. The van der Waals surface area contributed by atoms with Gasteiger partial charge in [-0.25, -0.2) is 4.98 Å². The standard InChI is InChI=1S/C19H20N2OS2/c1-3-14-6-5-7-16-18(14)21-19(24-16)20-17(22)12-13-8-10-15(11-9-13)23-4-2/h5-11H,3-4,12H2,1-2H3,(H,20,21,22). The average Bonchev–Trinajstić information content (AvgIpc) is 2.99. The van der Waals surface area contributed by atoms with Gasteiger partial charge in [-0.05, 0) is 41.5 Å². The highest BCUT2D eigenvalue weighted by atomic mass is 32.2. The van der Waals surface area contributed by atoms with Gasteiger partial charge in [-0.15, -0.1) is 11.8 Å². The summed E-state index contributed by atoms with van der Waals surface area (Å²) in [7, 11) is 0. The molecule has 0 saturated heterocycles. The van der Waals surface area contributed by atoms with Gasteiger partial charge in [0.2, 0.25) is 5.91 Å². The summed E-state index contributed by atoms with van der Waals surface area (Å²) in [5.74, 6) is 1.03. The molecule has 124 valence electrons. The summed E-state index contributed by atoms with van der Waals surface area (Å²) in [6.07, 6.45) is 1.31. The van der Waals surface area contributed by atoms with Gasteiger partial charge < -0.3 is 5.32 Å². The molecule has 0 radical (unpaired) electrons. The molecule has 3 rings (SSSR count). The summed E-state index contributed by atoms with van der Waals surface area (Å²) < 4.78 is 1.12. The SMILES string of the molecule is CCSc1ccc(CC(=O)Nc2nc3c(CC)cccc3s2)cc1. The van der Waals surface area contributed by atoms with E-state index in [1.807, 2.05) is 24.3 Å². The third kappa shape index (κ3) is 3.97. The van der Waals surface area contributed by atoms with Crippen LogP contribution in [0.1, 0.15) is 25.0 Å². The van der Waals surface area contributed by atoms with Gasteiger partial charge in [0.1, 0.15) is 0 Å². The number of anilines is 1. The first-order valence-corrected chi connectivity index (χ1v) is 9.89. The molecule has 0 saturated carbocycles. The Kier molecular flexibility index (Phi) is 5.53. The van der Waals surface area contributed by atoms with Gasteiger partial charge in [0.15, 0.2) is 5.13 Å². The zero-order chi connectivity index (χ0) is 16.9. The predicted molar refractivity (Wildman–Crippen MR) is 104 cm³/mol. The number of thiazole rings is 1. The maximum Gasteiger partial charge on any atom is 0.230 e. The Morgan fingerprint density at radius 2 is 1.96 bits per heavy atom. The Bertz CT molecular complexity index is 840. The monoisotopic (exact) mass is 356 g/mol. The molecule has 5 heteroatoms. The molecule has 0 aliphatic carbocycles. The minimum absolute atomic E-state index is 0.0250. The Morgan fingerprint density at radius 1 is 1.17 bits per heavy atom. The van der Waals surface area contributed by atoms with Gasteiger partial charge in [0, 0.05) is 4.90 Å². The maximum absolute atomic E-state index is 12.3. The Hall–Kier alpha value is -1.85. The second-order valence-corrected chi connectivity index (χ2v) is 7.81. The number of para-hydroxylation sites is 1. The Labute approximate surface area is 150 Å². The molecule has 24 heavy (non-hydrogen) atoms. The van der Waals surface area contributed by atoms with Crippen LogP contribution < -0.4 is 5.32 Å². The van der Waals surface area contributed by atoms with Crippen molar-refractivity contribution in [1.82, 2.24) is 4.98 Å². The molecular formula is C19H20N2OS2. The molecule has 0 aliphatic heterocycles. The van der Waals surface area contributed by atoms with Crippen molar-refractivity contribution in [2.45, 2.75) is 31.6 Å². The predicted octanol–water partition coefficient (Wildman–Crippen LogP) is 5.15. The number of amides is 1. The molecule has 1 aromatic heterocycles. The molecule has 1 N–H and O–H groups in total. The van der Waals surface area contributed by atoms with E-state index in [4.69, 9.17) is 0 Å². The average molecular weight is 357 g/mol. The highest BCUT2D eigenvalue weighted by molar-refractivity contribution is 7.99. The second kappa shape index (κ2) is 7.81. The third-order valence-corrected chi connectivity index (χ3v) is 5.56.